The summed E-state index contributed by atoms with van der Waals surface area (Å²) in [5.74, 6) is 0.560. The number of nitrogens with one attached hydrogen (secondary N) is 1. The van der Waals surface area contributed by atoms with E-state index < -0.39 is 0 Å². The molecular formula is C19H22FN. The Morgan fingerprint density at radius 2 is 2.00 bits per heavy atom. The van der Waals surface area contributed by atoms with Gasteiger partial charge < -0.3 is 5.32 Å². The van der Waals surface area contributed by atoms with Crippen LogP contribution < -0.4 is 5.32 Å². The van der Waals surface area contributed by atoms with Gasteiger partial charge in [-0.05, 0) is 59.7 Å². The van der Waals surface area contributed by atoms with Crippen LogP contribution in [-0.2, 0) is 6.54 Å². The van der Waals surface area contributed by atoms with Crippen molar-refractivity contribution < 1.29 is 4.39 Å². The van der Waals surface area contributed by atoms with Gasteiger partial charge in [-0.1, -0.05) is 43.7 Å². The van der Waals surface area contributed by atoms with Gasteiger partial charge in [0.05, 0.1) is 0 Å². The Kier molecular flexibility index (Phi) is 4.35. The van der Waals surface area contributed by atoms with Gasteiger partial charge in [0, 0.05) is 6.54 Å². The van der Waals surface area contributed by atoms with Gasteiger partial charge in [-0.25, -0.2) is 4.39 Å². The molecule has 1 fully saturated rings. The van der Waals surface area contributed by atoms with Gasteiger partial charge in [-0.3, -0.25) is 0 Å². The van der Waals surface area contributed by atoms with Gasteiger partial charge >= 0.3 is 0 Å². The van der Waals surface area contributed by atoms with Gasteiger partial charge in [0.15, 0.2) is 0 Å². The van der Waals surface area contributed by atoms with Crippen molar-refractivity contribution >= 4 is 0 Å². The zero-order chi connectivity index (χ0) is 14.7. The number of benzene rings is 2. The molecule has 2 aromatic rings. The molecule has 0 radical (unpaired) electrons. The average Bonchev–Trinajstić information content (AvgIpc) is 2.44. The number of rotatable bonds is 5. The van der Waals surface area contributed by atoms with E-state index in [0.717, 1.165) is 23.6 Å². The summed E-state index contributed by atoms with van der Waals surface area (Å²) < 4.78 is 13.5. The normalized spacial score (nSPS) is 15.0. The van der Waals surface area contributed by atoms with Gasteiger partial charge in [0.25, 0.3) is 0 Å². The van der Waals surface area contributed by atoms with Crippen molar-refractivity contribution in [3.8, 4) is 11.1 Å². The molecule has 0 spiro atoms. The molecule has 1 saturated carbocycles. The molecule has 110 valence electrons. The minimum Gasteiger partial charge on any atom is -0.313 e. The lowest BCUT2D eigenvalue weighted by Gasteiger charge is -2.26. The first-order chi connectivity index (χ1) is 10.3. The first kappa shape index (κ1) is 14.3. The van der Waals surface area contributed by atoms with Gasteiger partial charge in [-0.2, -0.15) is 0 Å². The molecule has 2 aromatic carbocycles. The Hall–Kier alpha value is -1.67. The van der Waals surface area contributed by atoms with E-state index in [2.05, 4.69) is 36.5 Å². The van der Waals surface area contributed by atoms with Crippen molar-refractivity contribution in [2.24, 2.45) is 0 Å². The van der Waals surface area contributed by atoms with Crippen molar-refractivity contribution in [2.75, 3.05) is 6.54 Å². The van der Waals surface area contributed by atoms with E-state index in [4.69, 9.17) is 0 Å². The molecule has 0 amide bonds. The monoisotopic (exact) mass is 283 g/mol. The van der Waals surface area contributed by atoms with Crippen LogP contribution in [0.2, 0.25) is 0 Å². The maximum Gasteiger partial charge on any atom is 0.123 e. The maximum absolute atomic E-state index is 13.5. The van der Waals surface area contributed by atoms with Crippen LogP contribution in [0.15, 0.2) is 42.5 Å². The molecule has 0 bridgehead atoms. The first-order valence-corrected chi connectivity index (χ1v) is 7.87. The maximum atomic E-state index is 13.5. The Morgan fingerprint density at radius 1 is 1.14 bits per heavy atom. The lowest BCUT2D eigenvalue weighted by atomic mass is 9.79. The second kappa shape index (κ2) is 6.40. The van der Waals surface area contributed by atoms with Crippen LogP contribution in [0, 0.1) is 5.82 Å². The molecule has 0 aromatic heterocycles. The van der Waals surface area contributed by atoms with Crippen molar-refractivity contribution in [1.82, 2.24) is 5.32 Å². The highest BCUT2D eigenvalue weighted by Crippen LogP contribution is 2.38. The quantitative estimate of drug-likeness (QED) is 0.825. The number of hydrogen-bond acceptors (Lipinski definition) is 1. The van der Waals surface area contributed by atoms with E-state index in [1.165, 1.54) is 30.4 Å². The molecule has 1 aliphatic rings. The summed E-state index contributed by atoms with van der Waals surface area (Å²) in [6, 6.07) is 13.9. The van der Waals surface area contributed by atoms with E-state index in [9.17, 15) is 4.39 Å². The molecule has 2 heteroatoms. The molecule has 21 heavy (non-hydrogen) atoms. The summed E-state index contributed by atoms with van der Waals surface area (Å²) in [6.45, 7) is 3.66. The van der Waals surface area contributed by atoms with E-state index >= 15 is 0 Å². The van der Waals surface area contributed by atoms with Crippen LogP contribution in [0.5, 0.6) is 0 Å². The van der Waals surface area contributed by atoms with Crippen LogP contribution in [-0.4, -0.2) is 6.54 Å². The third kappa shape index (κ3) is 3.16. The third-order valence-electron chi connectivity index (χ3n) is 4.41. The Balaban J connectivity index is 1.95. The lowest BCUT2D eigenvalue weighted by molar-refractivity contribution is 0.420. The summed E-state index contributed by atoms with van der Waals surface area (Å²) in [7, 11) is 0. The smallest absolute Gasteiger partial charge is 0.123 e. The third-order valence-corrected chi connectivity index (χ3v) is 4.41. The standard InChI is InChI=1S/C19H22FN/c1-2-21-13-17-12-18(20)9-10-19(17)16-8-4-7-15(11-16)14-5-3-6-14/h4,7-12,14,21H,2-3,5-6,13H2,1H3. The second-order valence-corrected chi connectivity index (χ2v) is 5.84. The molecule has 1 nitrogen and oxygen atoms in total. The second-order valence-electron chi connectivity index (χ2n) is 5.84. The Labute approximate surface area is 126 Å². The van der Waals surface area contributed by atoms with Crippen molar-refractivity contribution in [1.29, 1.82) is 0 Å². The van der Waals surface area contributed by atoms with E-state index in [-0.39, 0.29) is 5.82 Å². The van der Waals surface area contributed by atoms with Gasteiger partial charge in [0.2, 0.25) is 0 Å². The van der Waals surface area contributed by atoms with Crippen LogP contribution in [0.25, 0.3) is 11.1 Å². The first-order valence-electron chi connectivity index (χ1n) is 7.87. The topological polar surface area (TPSA) is 12.0 Å². The zero-order valence-electron chi connectivity index (χ0n) is 12.5. The van der Waals surface area contributed by atoms with Crippen LogP contribution in [0.1, 0.15) is 43.2 Å². The van der Waals surface area contributed by atoms with Crippen LogP contribution in [0.4, 0.5) is 4.39 Å². The predicted molar refractivity (Wildman–Crippen MR) is 85.8 cm³/mol. The molecule has 1 aliphatic carbocycles. The van der Waals surface area contributed by atoms with Crippen molar-refractivity contribution in [3.05, 3.63) is 59.4 Å². The fraction of sp³-hybridized carbons (Fsp3) is 0.368. The minimum absolute atomic E-state index is 0.165. The summed E-state index contributed by atoms with van der Waals surface area (Å²) in [4.78, 5) is 0. The highest BCUT2D eigenvalue weighted by molar-refractivity contribution is 5.68. The van der Waals surface area contributed by atoms with Crippen molar-refractivity contribution in [2.45, 2.75) is 38.6 Å². The highest BCUT2D eigenvalue weighted by Gasteiger charge is 2.19. The SMILES string of the molecule is CCNCc1cc(F)ccc1-c1cccc(C2CCC2)c1. The molecule has 0 saturated heterocycles. The Bertz CT molecular complexity index is 617. The highest BCUT2D eigenvalue weighted by atomic mass is 19.1. The molecule has 0 aliphatic heterocycles. The minimum atomic E-state index is -0.165. The predicted octanol–water partition coefficient (Wildman–Crippen LogP) is 4.87. The molecule has 3 rings (SSSR count). The molecular weight excluding hydrogens is 261 g/mol. The van der Waals surface area contributed by atoms with Gasteiger partial charge in [0.1, 0.15) is 5.82 Å². The molecule has 0 atom stereocenters. The average molecular weight is 283 g/mol. The molecule has 0 unspecified atom stereocenters. The summed E-state index contributed by atoms with van der Waals surface area (Å²) in [5, 5.41) is 3.29. The van der Waals surface area contributed by atoms with Gasteiger partial charge in [-0.15, -0.1) is 0 Å². The fourth-order valence-corrected chi connectivity index (χ4v) is 2.95. The zero-order valence-corrected chi connectivity index (χ0v) is 12.5. The summed E-state index contributed by atoms with van der Waals surface area (Å²) in [5.41, 5.74) is 4.80. The number of hydrogen-bond donors (Lipinski definition) is 1. The van der Waals surface area contributed by atoms with Crippen LogP contribution >= 0.6 is 0 Å². The summed E-state index contributed by atoms with van der Waals surface area (Å²) >= 11 is 0. The lowest BCUT2D eigenvalue weighted by Crippen LogP contribution is -2.13. The number of halogens is 1. The fourth-order valence-electron chi connectivity index (χ4n) is 2.95. The largest absolute Gasteiger partial charge is 0.313 e. The molecule has 1 N–H and O–H groups in total. The van der Waals surface area contributed by atoms with E-state index in [0.29, 0.717) is 6.54 Å². The van der Waals surface area contributed by atoms with Crippen molar-refractivity contribution in [3.63, 3.8) is 0 Å². The Morgan fingerprint density at radius 3 is 2.71 bits per heavy atom. The van der Waals surface area contributed by atoms with Crippen LogP contribution in [0.3, 0.4) is 0 Å². The van der Waals surface area contributed by atoms with E-state index in [1.807, 2.05) is 6.07 Å². The summed E-state index contributed by atoms with van der Waals surface area (Å²) in [6.07, 6.45) is 3.95. The van der Waals surface area contributed by atoms with E-state index in [1.54, 1.807) is 12.1 Å². The molecule has 0 heterocycles.